The van der Waals surface area contributed by atoms with Crippen molar-refractivity contribution in [1.82, 2.24) is 4.98 Å². The van der Waals surface area contributed by atoms with E-state index in [1.807, 2.05) is 19.1 Å². The summed E-state index contributed by atoms with van der Waals surface area (Å²) in [5, 5.41) is 0.253. The summed E-state index contributed by atoms with van der Waals surface area (Å²) >= 11 is 6.12. The molecule has 0 bridgehead atoms. The maximum Gasteiger partial charge on any atom is 0.266 e. The van der Waals surface area contributed by atoms with Gasteiger partial charge in [0.1, 0.15) is 17.4 Å². The van der Waals surface area contributed by atoms with Crippen LogP contribution in [0.4, 0.5) is 10.2 Å². The van der Waals surface area contributed by atoms with Gasteiger partial charge in [-0.1, -0.05) is 41.4 Å². The SMILES string of the molecule is Cc1ccc(OCC(=O)N(Cc2c(F)cccc2Cl)c2ccccn2)cc1. The number of carbonyl (C=O) groups is 1. The molecule has 138 valence electrons. The third kappa shape index (κ3) is 4.83. The molecule has 1 aromatic heterocycles. The zero-order chi connectivity index (χ0) is 19.2. The van der Waals surface area contributed by atoms with Gasteiger partial charge in [0.25, 0.3) is 5.91 Å². The Kier molecular flexibility index (Phi) is 6.04. The molecule has 6 heteroatoms. The van der Waals surface area contributed by atoms with Gasteiger partial charge in [-0.2, -0.15) is 0 Å². The molecule has 0 aliphatic heterocycles. The Morgan fingerprint density at radius 1 is 1.11 bits per heavy atom. The van der Waals surface area contributed by atoms with Crippen LogP contribution >= 0.6 is 11.6 Å². The molecule has 0 saturated carbocycles. The number of aryl methyl sites for hydroxylation is 1. The van der Waals surface area contributed by atoms with E-state index in [9.17, 15) is 9.18 Å². The number of benzene rings is 2. The minimum Gasteiger partial charge on any atom is -0.484 e. The summed E-state index contributed by atoms with van der Waals surface area (Å²) in [4.78, 5) is 18.4. The highest BCUT2D eigenvalue weighted by Gasteiger charge is 2.21. The number of anilines is 1. The summed E-state index contributed by atoms with van der Waals surface area (Å²) in [5.41, 5.74) is 1.33. The Morgan fingerprint density at radius 2 is 1.89 bits per heavy atom. The number of hydrogen-bond donors (Lipinski definition) is 0. The molecule has 0 fully saturated rings. The van der Waals surface area contributed by atoms with E-state index < -0.39 is 5.82 Å². The number of nitrogens with zero attached hydrogens (tertiary/aromatic N) is 2. The van der Waals surface area contributed by atoms with Gasteiger partial charge in [0.2, 0.25) is 0 Å². The molecule has 0 N–H and O–H groups in total. The van der Waals surface area contributed by atoms with Crippen molar-refractivity contribution in [2.75, 3.05) is 11.5 Å². The average Bonchev–Trinajstić information content (AvgIpc) is 2.68. The third-order valence-electron chi connectivity index (χ3n) is 3.99. The van der Waals surface area contributed by atoms with E-state index in [0.717, 1.165) is 5.56 Å². The summed E-state index contributed by atoms with van der Waals surface area (Å²) in [7, 11) is 0. The van der Waals surface area contributed by atoms with Crippen LogP contribution in [-0.2, 0) is 11.3 Å². The molecular formula is C21H18ClFN2O2. The quantitative estimate of drug-likeness (QED) is 0.613. The summed E-state index contributed by atoms with van der Waals surface area (Å²) < 4.78 is 19.8. The second-order valence-electron chi connectivity index (χ2n) is 5.97. The van der Waals surface area contributed by atoms with E-state index in [-0.39, 0.29) is 29.6 Å². The number of pyridine rings is 1. The molecule has 0 aliphatic carbocycles. The first-order valence-corrected chi connectivity index (χ1v) is 8.76. The van der Waals surface area contributed by atoms with Gasteiger partial charge in [-0.3, -0.25) is 9.69 Å². The van der Waals surface area contributed by atoms with Crippen LogP contribution in [0.15, 0.2) is 66.9 Å². The Hall–Kier alpha value is -2.92. The maximum atomic E-state index is 14.2. The standard InChI is InChI=1S/C21H18ClFN2O2/c1-15-8-10-16(11-9-15)27-14-21(26)25(20-7-2-3-12-24-20)13-17-18(22)5-4-6-19(17)23/h2-12H,13-14H2,1H3. The highest BCUT2D eigenvalue weighted by atomic mass is 35.5. The van der Waals surface area contributed by atoms with Gasteiger partial charge in [-0.15, -0.1) is 0 Å². The summed E-state index contributed by atoms with van der Waals surface area (Å²) in [6.07, 6.45) is 1.57. The highest BCUT2D eigenvalue weighted by molar-refractivity contribution is 6.31. The number of ether oxygens (including phenoxy) is 1. The second kappa shape index (κ2) is 8.64. The summed E-state index contributed by atoms with van der Waals surface area (Å²) in [5.74, 6) is 0.150. The maximum absolute atomic E-state index is 14.2. The fourth-order valence-electron chi connectivity index (χ4n) is 2.51. The molecule has 0 aliphatic rings. The van der Waals surface area contributed by atoms with E-state index in [1.165, 1.54) is 17.0 Å². The number of rotatable bonds is 6. The molecule has 1 amide bonds. The van der Waals surface area contributed by atoms with Gasteiger partial charge in [-0.25, -0.2) is 9.37 Å². The van der Waals surface area contributed by atoms with Crippen molar-refractivity contribution < 1.29 is 13.9 Å². The first-order chi connectivity index (χ1) is 13.0. The van der Waals surface area contributed by atoms with Crippen molar-refractivity contribution in [3.05, 3.63) is 88.8 Å². The lowest BCUT2D eigenvalue weighted by Crippen LogP contribution is -2.35. The van der Waals surface area contributed by atoms with Gasteiger partial charge in [0.05, 0.1) is 6.54 Å². The third-order valence-corrected chi connectivity index (χ3v) is 4.34. The van der Waals surface area contributed by atoms with Gasteiger partial charge in [0, 0.05) is 16.8 Å². The lowest BCUT2D eigenvalue weighted by molar-refractivity contribution is -0.120. The lowest BCUT2D eigenvalue weighted by atomic mass is 10.2. The van der Waals surface area contributed by atoms with Crippen molar-refractivity contribution in [2.24, 2.45) is 0 Å². The molecule has 27 heavy (non-hydrogen) atoms. The molecule has 3 rings (SSSR count). The molecule has 0 spiro atoms. The predicted molar refractivity (Wildman–Crippen MR) is 104 cm³/mol. The average molecular weight is 385 g/mol. The first kappa shape index (κ1) is 18.9. The highest BCUT2D eigenvalue weighted by Crippen LogP contribution is 2.23. The fraction of sp³-hybridized carbons (Fsp3) is 0.143. The molecule has 2 aromatic carbocycles. The van der Waals surface area contributed by atoms with Crippen molar-refractivity contribution in [3.8, 4) is 5.75 Å². The van der Waals surface area contributed by atoms with Crippen LogP contribution in [0, 0.1) is 12.7 Å². The first-order valence-electron chi connectivity index (χ1n) is 8.38. The summed E-state index contributed by atoms with van der Waals surface area (Å²) in [6.45, 7) is 1.72. The minimum absolute atomic E-state index is 0.0430. The number of halogens is 2. The van der Waals surface area contributed by atoms with Crippen LogP contribution in [0.2, 0.25) is 5.02 Å². The number of amides is 1. The van der Waals surface area contributed by atoms with Crippen molar-refractivity contribution >= 4 is 23.3 Å². The van der Waals surface area contributed by atoms with Gasteiger partial charge in [0.15, 0.2) is 6.61 Å². The molecule has 0 radical (unpaired) electrons. The molecule has 0 unspecified atom stereocenters. The van der Waals surface area contributed by atoms with E-state index >= 15 is 0 Å². The van der Waals surface area contributed by atoms with Crippen molar-refractivity contribution in [2.45, 2.75) is 13.5 Å². The van der Waals surface area contributed by atoms with E-state index in [1.54, 1.807) is 42.6 Å². The van der Waals surface area contributed by atoms with Gasteiger partial charge >= 0.3 is 0 Å². The summed E-state index contributed by atoms with van der Waals surface area (Å²) in [6, 6.07) is 17.0. The number of carbonyl (C=O) groups excluding carboxylic acids is 1. The molecule has 0 saturated heterocycles. The number of hydrogen-bond acceptors (Lipinski definition) is 3. The molecular weight excluding hydrogens is 367 g/mol. The Labute approximate surface area is 162 Å². The predicted octanol–water partition coefficient (Wildman–Crippen LogP) is 4.79. The largest absolute Gasteiger partial charge is 0.484 e. The fourth-order valence-corrected chi connectivity index (χ4v) is 2.73. The zero-order valence-corrected chi connectivity index (χ0v) is 15.5. The van der Waals surface area contributed by atoms with E-state index in [2.05, 4.69) is 4.98 Å². The lowest BCUT2D eigenvalue weighted by Gasteiger charge is -2.22. The molecule has 4 nitrogen and oxygen atoms in total. The van der Waals surface area contributed by atoms with Crippen LogP contribution in [0.5, 0.6) is 5.75 Å². The van der Waals surface area contributed by atoms with Crippen LogP contribution in [0.1, 0.15) is 11.1 Å². The Morgan fingerprint density at radius 3 is 2.56 bits per heavy atom. The molecule has 0 atom stereocenters. The molecule has 3 aromatic rings. The Bertz CT molecular complexity index is 897. The Balaban J connectivity index is 1.81. The van der Waals surface area contributed by atoms with Crippen LogP contribution < -0.4 is 9.64 Å². The van der Waals surface area contributed by atoms with Crippen LogP contribution in [-0.4, -0.2) is 17.5 Å². The molecule has 1 heterocycles. The van der Waals surface area contributed by atoms with Crippen molar-refractivity contribution in [3.63, 3.8) is 0 Å². The van der Waals surface area contributed by atoms with Crippen LogP contribution in [0.3, 0.4) is 0 Å². The van der Waals surface area contributed by atoms with Gasteiger partial charge in [-0.05, 0) is 43.3 Å². The minimum atomic E-state index is -0.476. The zero-order valence-electron chi connectivity index (χ0n) is 14.7. The van der Waals surface area contributed by atoms with E-state index in [4.69, 9.17) is 16.3 Å². The smallest absolute Gasteiger partial charge is 0.266 e. The monoisotopic (exact) mass is 384 g/mol. The normalized spacial score (nSPS) is 10.5. The van der Waals surface area contributed by atoms with Crippen LogP contribution in [0.25, 0.3) is 0 Å². The number of aromatic nitrogens is 1. The van der Waals surface area contributed by atoms with Gasteiger partial charge < -0.3 is 4.74 Å². The van der Waals surface area contributed by atoms with E-state index in [0.29, 0.717) is 11.6 Å². The van der Waals surface area contributed by atoms with Crippen molar-refractivity contribution in [1.29, 1.82) is 0 Å². The second-order valence-corrected chi connectivity index (χ2v) is 6.38. The topological polar surface area (TPSA) is 42.4 Å².